The minimum atomic E-state index is 0.152. The van der Waals surface area contributed by atoms with Gasteiger partial charge in [-0.2, -0.15) is 0 Å². The Morgan fingerprint density at radius 3 is 3.00 bits per heavy atom. The fraction of sp³-hybridized carbons (Fsp3) is 0.364. The molecule has 4 nitrogen and oxygen atoms in total. The Morgan fingerprint density at radius 2 is 2.38 bits per heavy atom. The van der Waals surface area contributed by atoms with Crippen LogP contribution in [0.1, 0.15) is 11.1 Å². The molecule has 2 rings (SSSR count). The van der Waals surface area contributed by atoms with Crippen molar-refractivity contribution in [3.63, 3.8) is 0 Å². The van der Waals surface area contributed by atoms with Gasteiger partial charge in [0.15, 0.2) is 5.84 Å². The van der Waals surface area contributed by atoms with E-state index in [4.69, 9.17) is 15.7 Å². The second-order valence-corrected chi connectivity index (χ2v) is 4.94. The molecule has 0 amide bonds. The largest absolute Gasteiger partial charge is 0.409 e. The van der Waals surface area contributed by atoms with Gasteiger partial charge in [0, 0.05) is 11.3 Å². The predicted molar refractivity (Wildman–Crippen MR) is 64.9 cm³/mol. The summed E-state index contributed by atoms with van der Waals surface area (Å²) in [6.07, 6.45) is 0. The number of thioether (sulfide) groups is 1. The van der Waals surface area contributed by atoms with Gasteiger partial charge < -0.3 is 15.7 Å². The van der Waals surface area contributed by atoms with Gasteiger partial charge in [-0.15, -0.1) is 11.8 Å². The number of oxime groups is 1. The van der Waals surface area contributed by atoms with Gasteiger partial charge in [0.05, 0.1) is 18.5 Å². The van der Waals surface area contributed by atoms with Crippen LogP contribution in [0.2, 0.25) is 0 Å². The number of rotatable bonds is 4. The highest BCUT2D eigenvalue weighted by molar-refractivity contribution is 7.99. The zero-order chi connectivity index (χ0) is 11.4. The van der Waals surface area contributed by atoms with Crippen LogP contribution in [0, 0.1) is 0 Å². The average Bonchev–Trinajstić information content (AvgIpc) is 2.26. The van der Waals surface area contributed by atoms with Crippen LogP contribution < -0.4 is 5.73 Å². The van der Waals surface area contributed by atoms with E-state index in [0.29, 0.717) is 5.25 Å². The van der Waals surface area contributed by atoms with Crippen molar-refractivity contribution in [2.75, 3.05) is 13.2 Å². The summed E-state index contributed by atoms with van der Waals surface area (Å²) < 4.78 is 5.11. The van der Waals surface area contributed by atoms with E-state index in [-0.39, 0.29) is 5.84 Å². The monoisotopic (exact) mass is 238 g/mol. The van der Waals surface area contributed by atoms with Crippen LogP contribution in [0.3, 0.4) is 0 Å². The van der Waals surface area contributed by atoms with E-state index in [2.05, 4.69) is 5.16 Å². The molecular weight excluding hydrogens is 224 g/mol. The number of benzene rings is 1. The maximum atomic E-state index is 8.59. The van der Waals surface area contributed by atoms with Crippen LogP contribution in [0.5, 0.6) is 0 Å². The van der Waals surface area contributed by atoms with Crippen molar-refractivity contribution < 1.29 is 9.94 Å². The van der Waals surface area contributed by atoms with Gasteiger partial charge >= 0.3 is 0 Å². The predicted octanol–water partition coefficient (Wildman–Crippen LogP) is 1.41. The van der Waals surface area contributed by atoms with E-state index in [0.717, 1.165) is 24.5 Å². The van der Waals surface area contributed by atoms with Crippen LogP contribution in [-0.4, -0.2) is 29.5 Å². The second kappa shape index (κ2) is 5.23. The molecule has 0 radical (unpaired) electrons. The van der Waals surface area contributed by atoms with Gasteiger partial charge in [0.25, 0.3) is 0 Å². The average molecular weight is 238 g/mol. The Morgan fingerprint density at radius 1 is 1.56 bits per heavy atom. The zero-order valence-corrected chi connectivity index (χ0v) is 9.61. The van der Waals surface area contributed by atoms with Crippen molar-refractivity contribution in [2.24, 2.45) is 10.9 Å². The second-order valence-electron chi connectivity index (χ2n) is 3.66. The summed E-state index contributed by atoms with van der Waals surface area (Å²) >= 11 is 1.88. The molecule has 3 N–H and O–H groups in total. The summed E-state index contributed by atoms with van der Waals surface area (Å²) in [6, 6.07) is 7.73. The molecule has 16 heavy (non-hydrogen) atoms. The molecule has 86 valence electrons. The SMILES string of the molecule is NC(=NO)c1cccc(CSC2COC2)c1. The van der Waals surface area contributed by atoms with E-state index in [1.54, 1.807) is 0 Å². The van der Waals surface area contributed by atoms with Crippen molar-refractivity contribution >= 4 is 17.6 Å². The molecule has 0 aromatic heterocycles. The third-order valence-corrected chi connectivity index (χ3v) is 3.67. The van der Waals surface area contributed by atoms with Crippen molar-refractivity contribution in [2.45, 2.75) is 11.0 Å². The lowest BCUT2D eigenvalue weighted by Crippen LogP contribution is -2.30. The Labute approximate surface area is 98.5 Å². The minimum absolute atomic E-state index is 0.152. The van der Waals surface area contributed by atoms with Gasteiger partial charge in [0.2, 0.25) is 0 Å². The molecule has 0 atom stereocenters. The molecule has 5 heteroatoms. The molecule has 1 aromatic carbocycles. The summed E-state index contributed by atoms with van der Waals surface area (Å²) in [5.74, 6) is 1.08. The molecule has 1 fully saturated rings. The molecule has 1 saturated heterocycles. The highest BCUT2D eigenvalue weighted by atomic mass is 32.2. The summed E-state index contributed by atoms with van der Waals surface area (Å²) in [5.41, 5.74) is 7.47. The number of nitrogens with two attached hydrogens (primary N) is 1. The molecule has 0 unspecified atom stereocenters. The quantitative estimate of drug-likeness (QED) is 0.360. The molecule has 1 aliphatic rings. The lowest BCUT2D eigenvalue weighted by Gasteiger charge is -2.25. The zero-order valence-electron chi connectivity index (χ0n) is 8.80. The molecule has 1 heterocycles. The molecule has 0 saturated carbocycles. The third-order valence-electron chi connectivity index (χ3n) is 2.42. The lowest BCUT2D eigenvalue weighted by molar-refractivity contribution is 0.0455. The summed E-state index contributed by atoms with van der Waals surface area (Å²) in [5, 5.41) is 12.2. The normalized spacial score (nSPS) is 17.1. The molecular formula is C11H14N2O2S. The minimum Gasteiger partial charge on any atom is -0.409 e. The van der Waals surface area contributed by atoms with Crippen LogP contribution in [0.25, 0.3) is 0 Å². The van der Waals surface area contributed by atoms with Gasteiger partial charge in [-0.25, -0.2) is 0 Å². The standard InChI is InChI=1S/C11H14N2O2S/c12-11(13-14)9-3-1-2-8(4-9)7-16-10-5-15-6-10/h1-4,10,14H,5-7H2,(H2,12,13). The van der Waals surface area contributed by atoms with Crippen molar-refractivity contribution in [1.82, 2.24) is 0 Å². The van der Waals surface area contributed by atoms with E-state index < -0.39 is 0 Å². The Bertz CT molecular complexity index is 391. The fourth-order valence-electron chi connectivity index (χ4n) is 1.40. The van der Waals surface area contributed by atoms with Crippen molar-refractivity contribution in [3.8, 4) is 0 Å². The number of hydrogen-bond acceptors (Lipinski definition) is 4. The van der Waals surface area contributed by atoms with Gasteiger partial charge in [-0.05, 0) is 11.6 Å². The van der Waals surface area contributed by atoms with Crippen LogP contribution in [0.15, 0.2) is 29.4 Å². The highest BCUT2D eigenvalue weighted by Gasteiger charge is 2.18. The maximum Gasteiger partial charge on any atom is 0.170 e. The third kappa shape index (κ3) is 2.68. The molecule has 0 aliphatic carbocycles. The summed E-state index contributed by atoms with van der Waals surface area (Å²) in [7, 11) is 0. The number of hydrogen-bond donors (Lipinski definition) is 2. The van der Waals surface area contributed by atoms with E-state index in [1.165, 1.54) is 5.56 Å². The molecule has 0 spiro atoms. The van der Waals surface area contributed by atoms with Crippen LogP contribution in [0.4, 0.5) is 0 Å². The van der Waals surface area contributed by atoms with Gasteiger partial charge in [-0.3, -0.25) is 0 Å². The smallest absolute Gasteiger partial charge is 0.170 e. The first-order valence-electron chi connectivity index (χ1n) is 5.06. The first-order valence-corrected chi connectivity index (χ1v) is 6.10. The van der Waals surface area contributed by atoms with Gasteiger partial charge in [-0.1, -0.05) is 23.4 Å². The molecule has 1 aromatic rings. The molecule has 1 aliphatic heterocycles. The van der Waals surface area contributed by atoms with E-state index in [9.17, 15) is 0 Å². The van der Waals surface area contributed by atoms with Crippen molar-refractivity contribution in [3.05, 3.63) is 35.4 Å². The van der Waals surface area contributed by atoms with Crippen LogP contribution >= 0.6 is 11.8 Å². The number of amidine groups is 1. The highest BCUT2D eigenvalue weighted by Crippen LogP contribution is 2.23. The van der Waals surface area contributed by atoms with Crippen LogP contribution in [-0.2, 0) is 10.5 Å². The Kier molecular flexibility index (Phi) is 3.69. The summed E-state index contributed by atoms with van der Waals surface area (Å²) in [4.78, 5) is 0. The maximum absolute atomic E-state index is 8.59. The Balaban J connectivity index is 1.98. The van der Waals surface area contributed by atoms with Crippen molar-refractivity contribution in [1.29, 1.82) is 0 Å². The fourth-order valence-corrected chi connectivity index (χ4v) is 2.40. The Hall–Kier alpha value is -1.20. The molecule has 0 bridgehead atoms. The lowest BCUT2D eigenvalue weighted by atomic mass is 10.1. The number of nitrogens with zero attached hydrogens (tertiary/aromatic N) is 1. The first-order chi connectivity index (χ1) is 7.79. The summed E-state index contributed by atoms with van der Waals surface area (Å²) in [6.45, 7) is 1.70. The topological polar surface area (TPSA) is 67.8 Å². The van der Waals surface area contributed by atoms with Gasteiger partial charge in [0.1, 0.15) is 0 Å². The van der Waals surface area contributed by atoms with E-state index in [1.807, 2.05) is 36.0 Å². The number of ether oxygens (including phenoxy) is 1. The van der Waals surface area contributed by atoms with E-state index >= 15 is 0 Å². The first kappa shape index (κ1) is 11.3.